The number of benzene rings is 2. The number of nitrogens with one attached hydrogen (secondary N) is 2. The van der Waals surface area contributed by atoms with Gasteiger partial charge in [-0.3, -0.25) is 14.0 Å². The summed E-state index contributed by atoms with van der Waals surface area (Å²) < 4.78 is 29.9. The first-order valence-corrected chi connectivity index (χ1v) is 10.7. The number of methoxy groups -OCH3 is 1. The molecule has 1 aromatic heterocycles. The minimum absolute atomic E-state index is 0.383. The molecule has 1 unspecified atom stereocenters. The van der Waals surface area contributed by atoms with Crippen LogP contribution in [0.2, 0.25) is 0 Å². The van der Waals surface area contributed by atoms with Gasteiger partial charge < -0.3 is 14.8 Å². The molecule has 0 bridgehead atoms. The molecule has 1 heterocycles. The van der Waals surface area contributed by atoms with Crippen LogP contribution in [0.5, 0.6) is 5.75 Å². The standard InChI is InChI=1S/C21H20N5O2S/c1-28-17-6-9-19-20(10-17)24-13-15(11-22)21(19)26-16-4-7-18(8-5-16)29(23,27)25-12-14-2-3-14/h4-10,13-14H,2-3,12H2,1H3,(H2-,23,24,25,26,27)/q-1. The van der Waals surface area contributed by atoms with Crippen LogP contribution in [-0.4, -0.2) is 22.8 Å². The number of nitriles is 1. The number of nitrogens with zero attached hydrogens (tertiary/aromatic N) is 3. The van der Waals surface area contributed by atoms with Crippen molar-refractivity contribution < 1.29 is 8.95 Å². The summed E-state index contributed by atoms with van der Waals surface area (Å²) in [5.41, 5.74) is 2.47. The summed E-state index contributed by atoms with van der Waals surface area (Å²) in [7, 11) is -1.55. The normalized spacial score (nSPS) is 15.4. The summed E-state index contributed by atoms with van der Waals surface area (Å²) in [6.07, 6.45) is 3.73. The molecular formula is C21H20N5O2S-. The van der Waals surface area contributed by atoms with E-state index in [2.05, 4.69) is 21.1 Å². The van der Waals surface area contributed by atoms with Gasteiger partial charge in [0.05, 0.1) is 23.9 Å². The lowest BCUT2D eigenvalue weighted by molar-refractivity contribution is 0.415. The predicted octanol–water partition coefficient (Wildman–Crippen LogP) is 4.96. The van der Waals surface area contributed by atoms with E-state index in [0.717, 1.165) is 18.2 Å². The van der Waals surface area contributed by atoms with Crippen LogP contribution >= 0.6 is 0 Å². The van der Waals surface area contributed by atoms with E-state index in [-0.39, 0.29) is 0 Å². The third-order valence-electron chi connectivity index (χ3n) is 4.85. The molecule has 0 saturated heterocycles. The zero-order valence-corrected chi connectivity index (χ0v) is 16.7. The molecule has 1 saturated carbocycles. The number of pyridine rings is 1. The Morgan fingerprint density at radius 3 is 2.72 bits per heavy atom. The summed E-state index contributed by atoms with van der Waals surface area (Å²) in [5.74, 6) is 1.18. The summed E-state index contributed by atoms with van der Waals surface area (Å²) in [5, 5.41) is 13.5. The fourth-order valence-corrected chi connectivity index (χ4v) is 4.05. The lowest BCUT2D eigenvalue weighted by Gasteiger charge is -2.23. The zero-order chi connectivity index (χ0) is 20.4. The lowest BCUT2D eigenvalue weighted by Crippen LogP contribution is -2.01. The first-order chi connectivity index (χ1) is 14.0. The van der Waals surface area contributed by atoms with Crippen LogP contribution in [0.1, 0.15) is 18.4 Å². The maximum atomic E-state index is 12.5. The Balaban J connectivity index is 1.62. The van der Waals surface area contributed by atoms with Crippen molar-refractivity contribution in [3.63, 3.8) is 0 Å². The van der Waals surface area contributed by atoms with E-state index in [4.69, 9.17) is 9.52 Å². The fraction of sp³-hybridized carbons (Fsp3) is 0.238. The Morgan fingerprint density at radius 1 is 1.31 bits per heavy atom. The van der Waals surface area contributed by atoms with Gasteiger partial charge >= 0.3 is 0 Å². The van der Waals surface area contributed by atoms with Crippen LogP contribution in [0.3, 0.4) is 0 Å². The highest BCUT2D eigenvalue weighted by atomic mass is 32.2. The molecule has 0 radical (unpaired) electrons. The third-order valence-corrected chi connectivity index (χ3v) is 6.28. The van der Waals surface area contributed by atoms with Crippen molar-refractivity contribution in [3.05, 3.63) is 58.9 Å². The van der Waals surface area contributed by atoms with Crippen molar-refractivity contribution in [1.82, 2.24) is 4.98 Å². The van der Waals surface area contributed by atoms with E-state index in [1.807, 2.05) is 12.1 Å². The second-order valence-electron chi connectivity index (χ2n) is 6.97. The number of anilines is 2. The van der Waals surface area contributed by atoms with E-state index < -0.39 is 9.92 Å². The maximum absolute atomic E-state index is 12.5. The highest BCUT2D eigenvalue weighted by Gasteiger charge is 2.17. The maximum Gasteiger partial charge on any atom is 0.121 e. The second kappa shape index (κ2) is 7.70. The fourth-order valence-electron chi connectivity index (χ4n) is 2.97. The summed E-state index contributed by atoms with van der Waals surface area (Å²) in [6, 6.07) is 14.4. The molecule has 0 spiro atoms. The summed E-state index contributed by atoms with van der Waals surface area (Å²) in [4.78, 5) is 4.71. The van der Waals surface area contributed by atoms with Crippen LogP contribution in [-0.2, 0) is 9.92 Å². The molecule has 0 aliphatic heterocycles. The highest BCUT2D eigenvalue weighted by Crippen LogP contribution is 2.34. The van der Waals surface area contributed by atoms with Crippen molar-refractivity contribution in [1.29, 1.82) is 10.0 Å². The monoisotopic (exact) mass is 406 g/mol. The van der Waals surface area contributed by atoms with Crippen molar-refractivity contribution in [2.45, 2.75) is 17.7 Å². The van der Waals surface area contributed by atoms with E-state index in [1.165, 1.54) is 6.20 Å². The smallest absolute Gasteiger partial charge is 0.121 e. The minimum atomic E-state index is -3.14. The molecule has 2 N–H and O–H groups in total. The third kappa shape index (κ3) is 4.16. The van der Waals surface area contributed by atoms with E-state index in [1.54, 1.807) is 37.4 Å². The van der Waals surface area contributed by atoms with E-state index >= 15 is 0 Å². The zero-order valence-electron chi connectivity index (χ0n) is 15.9. The molecule has 8 heteroatoms. The number of fused-ring (bicyclic) bond motifs is 1. The Labute approximate surface area is 169 Å². The number of rotatable bonds is 7. The van der Waals surface area contributed by atoms with Crippen LogP contribution in [0.15, 0.2) is 53.6 Å². The molecule has 3 aromatic rings. The quantitative estimate of drug-likeness (QED) is 0.575. The first kappa shape index (κ1) is 19.2. The van der Waals surface area contributed by atoms with E-state index in [9.17, 15) is 9.47 Å². The highest BCUT2D eigenvalue weighted by molar-refractivity contribution is 7.95. The van der Waals surface area contributed by atoms with Gasteiger partial charge in [-0.1, -0.05) is 18.8 Å². The van der Waals surface area contributed by atoms with Crippen molar-refractivity contribution in [2.75, 3.05) is 19.0 Å². The molecule has 1 aliphatic rings. The van der Waals surface area contributed by atoms with Gasteiger partial charge in [-0.2, -0.15) is 5.26 Å². The SMILES string of the molecule is COc1ccc2c(Nc3ccc(S(=N)(=O)[N-]CC4CC4)cc3)c(C#N)cnc2c1. The van der Waals surface area contributed by atoms with Gasteiger partial charge in [-0.25, -0.2) is 0 Å². The average Bonchev–Trinajstić information content (AvgIpc) is 3.57. The topological polar surface area (TPSA) is 113 Å². The Kier molecular flexibility index (Phi) is 5.09. The van der Waals surface area contributed by atoms with Gasteiger partial charge in [0.1, 0.15) is 11.8 Å². The van der Waals surface area contributed by atoms with Crippen molar-refractivity contribution in [2.24, 2.45) is 5.92 Å². The van der Waals surface area contributed by atoms with Crippen LogP contribution in [0.25, 0.3) is 15.6 Å². The molecule has 0 amide bonds. The Hall–Kier alpha value is -3.15. The summed E-state index contributed by atoms with van der Waals surface area (Å²) in [6.45, 7) is 0.486. The molecule has 7 nitrogen and oxygen atoms in total. The molecule has 4 rings (SSSR count). The predicted molar refractivity (Wildman–Crippen MR) is 113 cm³/mol. The van der Waals surface area contributed by atoms with E-state index in [0.29, 0.717) is 45.6 Å². The van der Waals surface area contributed by atoms with Gasteiger partial charge in [-0.05, 0) is 46.3 Å². The number of aromatic nitrogens is 1. The summed E-state index contributed by atoms with van der Waals surface area (Å²) >= 11 is 0. The minimum Gasteiger partial charge on any atom is -0.563 e. The van der Waals surface area contributed by atoms with Crippen LogP contribution in [0, 0.1) is 22.0 Å². The van der Waals surface area contributed by atoms with Gasteiger partial charge in [-0.15, -0.1) is 6.54 Å². The lowest BCUT2D eigenvalue weighted by atomic mass is 10.1. The number of hydrogen-bond donors (Lipinski definition) is 2. The largest absolute Gasteiger partial charge is 0.563 e. The van der Waals surface area contributed by atoms with Crippen LogP contribution in [0.4, 0.5) is 11.4 Å². The van der Waals surface area contributed by atoms with Gasteiger partial charge in [0.15, 0.2) is 0 Å². The molecule has 148 valence electrons. The Bertz CT molecular complexity index is 1200. The van der Waals surface area contributed by atoms with Crippen LogP contribution < -0.4 is 10.1 Å². The molecule has 2 aromatic carbocycles. The first-order valence-electron chi connectivity index (χ1n) is 9.21. The molecule has 29 heavy (non-hydrogen) atoms. The van der Waals surface area contributed by atoms with Gasteiger partial charge in [0.2, 0.25) is 0 Å². The average molecular weight is 406 g/mol. The number of hydrogen-bond acceptors (Lipinski definition) is 6. The van der Waals surface area contributed by atoms with Crippen molar-refractivity contribution in [3.8, 4) is 11.8 Å². The van der Waals surface area contributed by atoms with Gasteiger partial charge in [0.25, 0.3) is 0 Å². The molecule has 1 fully saturated rings. The van der Waals surface area contributed by atoms with Crippen molar-refractivity contribution >= 4 is 32.2 Å². The number of ether oxygens (including phenoxy) is 1. The molecule has 1 atom stereocenters. The second-order valence-corrected chi connectivity index (χ2v) is 8.75. The molecular weight excluding hydrogens is 386 g/mol. The van der Waals surface area contributed by atoms with Gasteiger partial charge in [0, 0.05) is 28.2 Å². The molecule has 1 aliphatic carbocycles. The Morgan fingerprint density at radius 2 is 2.07 bits per heavy atom.